The fraction of sp³-hybridized carbons (Fsp3) is 0.368. The van der Waals surface area contributed by atoms with Gasteiger partial charge in [0, 0.05) is 12.6 Å². The first kappa shape index (κ1) is 17.8. The molecule has 3 aromatic rings. The second-order valence-electron chi connectivity index (χ2n) is 6.70. The molecular formula is C19H23N5O2. The number of nitrogens with zero attached hydrogens (tertiary/aromatic N) is 4. The Morgan fingerprint density at radius 2 is 1.96 bits per heavy atom. The molecule has 0 aliphatic rings. The van der Waals surface area contributed by atoms with Gasteiger partial charge in [-0.15, -0.1) is 0 Å². The summed E-state index contributed by atoms with van der Waals surface area (Å²) in [5, 5.41) is 11.3. The van der Waals surface area contributed by atoms with Crippen molar-refractivity contribution in [2.24, 2.45) is 7.05 Å². The SMILES string of the molecule is Cc1ccccc1-c1noc(C(C)NC(=O)c2cc(C(C)C)nn2C)n1. The maximum absolute atomic E-state index is 12.6. The molecule has 0 saturated heterocycles. The average Bonchev–Trinajstić information content (AvgIpc) is 3.22. The molecule has 0 aliphatic carbocycles. The highest BCUT2D eigenvalue weighted by molar-refractivity contribution is 5.92. The zero-order valence-electron chi connectivity index (χ0n) is 15.6. The third-order valence-electron chi connectivity index (χ3n) is 4.27. The van der Waals surface area contributed by atoms with Gasteiger partial charge >= 0.3 is 0 Å². The van der Waals surface area contributed by atoms with E-state index in [0.717, 1.165) is 16.8 Å². The molecule has 2 heterocycles. The number of aromatic nitrogens is 4. The Morgan fingerprint density at radius 3 is 2.62 bits per heavy atom. The highest BCUT2D eigenvalue weighted by Crippen LogP contribution is 2.22. The number of amides is 1. The summed E-state index contributed by atoms with van der Waals surface area (Å²) in [4.78, 5) is 17.0. The fourth-order valence-electron chi connectivity index (χ4n) is 2.66. The summed E-state index contributed by atoms with van der Waals surface area (Å²) >= 11 is 0. The van der Waals surface area contributed by atoms with Crippen LogP contribution in [0.2, 0.25) is 0 Å². The Morgan fingerprint density at radius 1 is 1.23 bits per heavy atom. The van der Waals surface area contributed by atoms with Crippen molar-refractivity contribution in [3.05, 3.63) is 53.2 Å². The molecule has 1 N–H and O–H groups in total. The minimum Gasteiger partial charge on any atom is -0.339 e. The first-order valence-electron chi connectivity index (χ1n) is 8.61. The lowest BCUT2D eigenvalue weighted by Gasteiger charge is -2.09. The molecular weight excluding hydrogens is 330 g/mol. The molecule has 1 amide bonds. The van der Waals surface area contributed by atoms with Gasteiger partial charge in [0.05, 0.1) is 5.69 Å². The molecule has 0 saturated carbocycles. The lowest BCUT2D eigenvalue weighted by Crippen LogP contribution is -2.28. The van der Waals surface area contributed by atoms with E-state index in [0.29, 0.717) is 17.4 Å². The van der Waals surface area contributed by atoms with Gasteiger partial charge in [-0.05, 0) is 31.4 Å². The Balaban J connectivity index is 1.75. The standard InChI is InChI=1S/C19H23N5O2/c1-11(2)15-10-16(24(5)22-15)18(25)20-13(4)19-21-17(23-26-19)14-9-7-6-8-12(14)3/h6-11,13H,1-5H3,(H,20,25). The molecule has 136 valence electrons. The van der Waals surface area contributed by atoms with Crippen LogP contribution in [-0.4, -0.2) is 25.8 Å². The summed E-state index contributed by atoms with van der Waals surface area (Å²) in [5.41, 5.74) is 3.35. The van der Waals surface area contributed by atoms with E-state index in [1.54, 1.807) is 17.8 Å². The summed E-state index contributed by atoms with van der Waals surface area (Å²) < 4.78 is 6.94. The molecule has 0 bridgehead atoms. The predicted molar refractivity (Wildman–Crippen MR) is 97.6 cm³/mol. The summed E-state index contributed by atoms with van der Waals surface area (Å²) in [6.07, 6.45) is 0. The van der Waals surface area contributed by atoms with Crippen LogP contribution in [0.5, 0.6) is 0 Å². The van der Waals surface area contributed by atoms with E-state index in [2.05, 4.69) is 20.6 Å². The Bertz CT molecular complexity index is 926. The molecule has 0 fully saturated rings. The number of aryl methyl sites for hydroxylation is 2. The van der Waals surface area contributed by atoms with Crippen LogP contribution >= 0.6 is 0 Å². The van der Waals surface area contributed by atoms with Crippen LogP contribution in [0, 0.1) is 6.92 Å². The Hall–Kier alpha value is -2.96. The van der Waals surface area contributed by atoms with Crippen molar-refractivity contribution in [3.8, 4) is 11.4 Å². The van der Waals surface area contributed by atoms with Crippen molar-refractivity contribution in [1.82, 2.24) is 25.2 Å². The number of rotatable bonds is 5. The van der Waals surface area contributed by atoms with Gasteiger partial charge in [0.25, 0.3) is 5.91 Å². The van der Waals surface area contributed by atoms with Crippen LogP contribution < -0.4 is 5.32 Å². The monoisotopic (exact) mass is 353 g/mol. The highest BCUT2D eigenvalue weighted by atomic mass is 16.5. The first-order chi connectivity index (χ1) is 12.4. The summed E-state index contributed by atoms with van der Waals surface area (Å²) in [5.74, 6) is 0.910. The summed E-state index contributed by atoms with van der Waals surface area (Å²) in [6.45, 7) is 7.88. The molecule has 0 radical (unpaired) electrons. The largest absolute Gasteiger partial charge is 0.339 e. The first-order valence-corrected chi connectivity index (χ1v) is 8.61. The molecule has 26 heavy (non-hydrogen) atoms. The van der Waals surface area contributed by atoms with Gasteiger partial charge in [0.2, 0.25) is 11.7 Å². The van der Waals surface area contributed by atoms with Gasteiger partial charge in [-0.2, -0.15) is 10.1 Å². The van der Waals surface area contributed by atoms with Crippen LogP contribution in [0.3, 0.4) is 0 Å². The number of hydrogen-bond donors (Lipinski definition) is 1. The summed E-state index contributed by atoms with van der Waals surface area (Å²) in [7, 11) is 1.76. The van der Waals surface area contributed by atoms with E-state index in [-0.39, 0.29) is 11.8 Å². The van der Waals surface area contributed by atoms with E-state index in [4.69, 9.17) is 4.52 Å². The summed E-state index contributed by atoms with van der Waals surface area (Å²) in [6, 6.07) is 9.21. The van der Waals surface area contributed by atoms with Gasteiger partial charge < -0.3 is 9.84 Å². The topological polar surface area (TPSA) is 85.8 Å². The number of nitrogens with one attached hydrogen (secondary N) is 1. The third kappa shape index (κ3) is 3.51. The number of benzene rings is 1. The third-order valence-corrected chi connectivity index (χ3v) is 4.27. The van der Waals surface area contributed by atoms with Gasteiger partial charge in [-0.1, -0.05) is 43.3 Å². The van der Waals surface area contributed by atoms with E-state index < -0.39 is 6.04 Å². The van der Waals surface area contributed by atoms with Crippen molar-refractivity contribution in [2.75, 3.05) is 0 Å². The van der Waals surface area contributed by atoms with E-state index in [9.17, 15) is 4.79 Å². The second-order valence-corrected chi connectivity index (χ2v) is 6.70. The van der Waals surface area contributed by atoms with E-state index >= 15 is 0 Å². The smallest absolute Gasteiger partial charge is 0.270 e. The van der Waals surface area contributed by atoms with Crippen molar-refractivity contribution in [2.45, 2.75) is 39.7 Å². The molecule has 0 aliphatic heterocycles. The van der Waals surface area contributed by atoms with Crippen molar-refractivity contribution in [1.29, 1.82) is 0 Å². The minimum absolute atomic E-state index is 0.227. The molecule has 7 nitrogen and oxygen atoms in total. The normalized spacial score (nSPS) is 12.4. The number of carbonyl (C=O) groups is 1. The molecule has 0 spiro atoms. The van der Waals surface area contributed by atoms with E-state index in [1.807, 2.05) is 52.0 Å². The Labute approximate surface area is 152 Å². The number of carbonyl (C=O) groups excluding carboxylic acids is 1. The van der Waals surface area contributed by atoms with E-state index in [1.165, 1.54) is 0 Å². The fourth-order valence-corrected chi connectivity index (χ4v) is 2.66. The minimum atomic E-state index is -0.412. The average molecular weight is 353 g/mol. The predicted octanol–water partition coefficient (Wildman–Crippen LogP) is 3.39. The molecule has 2 aromatic heterocycles. The van der Waals surface area contributed by atoms with Crippen molar-refractivity contribution in [3.63, 3.8) is 0 Å². The molecule has 1 aromatic carbocycles. The second kappa shape index (κ2) is 7.11. The highest BCUT2D eigenvalue weighted by Gasteiger charge is 2.21. The van der Waals surface area contributed by atoms with Crippen LogP contribution in [0.25, 0.3) is 11.4 Å². The lowest BCUT2D eigenvalue weighted by atomic mass is 10.1. The van der Waals surface area contributed by atoms with Crippen LogP contribution in [-0.2, 0) is 7.05 Å². The van der Waals surface area contributed by atoms with Crippen molar-refractivity contribution >= 4 is 5.91 Å². The van der Waals surface area contributed by atoms with Gasteiger partial charge in [0.1, 0.15) is 11.7 Å². The van der Waals surface area contributed by atoms with Gasteiger partial charge in [-0.25, -0.2) is 0 Å². The Kier molecular flexibility index (Phi) is 4.88. The lowest BCUT2D eigenvalue weighted by molar-refractivity contribution is 0.0923. The van der Waals surface area contributed by atoms with Gasteiger partial charge in [-0.3, -0.25) is 9.48 Å². The zero-order chi connectivity index (χ0) is 18.8. The zero-order valence-corrected chi connectivity index (χ0v) is 15.6. The van der Waals surface area contributed by atoms with Crippen LogP contribution in [0.1, 0.15) is 60.4 Å². The molecule has 7 heteroatoms. The molecule has 3 rings (SSSR count). The maximum atomic E-state index is 12.6. The molecule has 1 atom stereocenters. The number of hydrogen-bond acceptors (Lipinski definition) is 5. The maximum Gasteiger partial charge on any atom is 0.270 e. The molecule has 1 unspecified atom stereocenters. The van der Waals surface area contributed by atoms with Gasteiger partial charge in [0.15, 0.2) is 0 Å². The van der Waals surface area contributed by atoms with Crippen LogP contribution in [0.4, 0.5) is 0 Å². The van der Waals surface area contributed by atoms with Crippen LogP contribution in [0.15, 0.2) is 34.9 Å². The van der Waals surface area contributed by atoms with Crippen molar-refractivity contribution < 1.29 is 9.32 Å². The quantitative estimate of drug-likeness (QED) is 0.760.